The molecular formula is C26H27N3O5S2. The smallest absolute Gasteiger partial charge is 0.261 e. The van der Waals surface area contributed by atoms with Crippen molar-refractivity contribution in [2.75, 3.05) is 17.8 Å². The lowest BCUT2D eigenvalue weighted by atomic mass is 9.92. The third kappa shape index (κ3) is 4.52. The van der Waals surface area contributed by atoms with E-state index in [-0.39, 0.29) is 34.6 Å². The molecule has 0 bridgehead atoms. The van der Waals surface area contributed by atoms with Crippen LogP contribution in [-0.2, 0) is 24.8 Å². The summed E-state index contributed by atoms with van der Waals surface area (Å²) in [6, 6.07) is 20.1. The van der Waals surface area contributed by atoms with Crippen molar-refractivity contribution in [2.45, 2.75) is 42.1 Å². The Bertz CT molecular complexity index is 1500. The zero-order valence-corrected chi connectivity index (χ0v) is 21.6. The molecule has 188 valence electrons. The molecule has 0 unspecified atom stereocenters. The fourth-order valence-corrected chi connectivity index (χ4v) is 7.32. The van der Waals surface area contributed by atoms with Crippen molar-refractivity contribution in [1.82, 2.24) is 9.21 Å². The summed E-state index contributed by atoms with van der Waals surface area (Å²) in [5.74, 6) is -0.315. The second-order valence-electron chi connectivity index (χ2n) is 9.36. The first kappa shape index (κ1) is 24.5. The predicted octanol–water partition coefficient (Wildman–Crippen LogP) is 3.45. The number of nitrogens with zero attached hydrogens (tertiary/aromatic N) is 2. The van der Waals surface area contributed by atoms with E-state index in [1.54, 1.807) is 77.7 Å². The molecule has 2 aliphatic rings. The topological polar surface area (TPSA) is 104 Å². The van der Waals surface area contributed by atoms with Crippen molar-refractivity contribution in [2.24, 2.45) is 0 Å². The van der Waals surface area contributed by atoms with E-state index in [0.29, 0.717) is 12.2 Å². The van der Waals surface area contributed by atoms with Gasteiger partial charge in [0.25, 0.3) is 10.0 Å². The highest BCUT2D eigenvalue weighted by atomic mass is 32.2. The highest BCUT2D eigenvalue weighted by Crippen LogP contribution is 2.37. The van der Waals surface area contributed by atoms with Gasteiger partial charge in [-0.1, -0.05) is 47.5 Å². The van der Waals surface area contributed by atoms with Crippen LogP contribution in [0.15, 0.2) is 82.6 Å². The van der Waals surface area contributed by atoms with Crippen molar-refractivity contribution in [3.05, 3.63) is 89.5 Å². The summed E-state index contributed by atoms with van der Waals surface area (Å²) in [6.07, 6.45) is -0.294. The number of hydrogen-bond donors (Lipinski definition) is 1. The van der Waals surface area contributed by atoms with E-state index in [4.69, 9.17) is 0 Å². The molecule has 0 aliphatic carbocycles. The Morgan fingerprint density at radius 3 is 1.86 bits per heavy atom. The standard InChI is InChI=1S/C26H27N3O5S2/c1-18-3-11-23(12-4-18)35(31,32)27-22-9-7-20(8-10-22)21-16-28-25(15-26(28)30)29(17-21)36(33,34)24-13-5-19(2)6-14-24/h3-14,21,25,27H,15-17H2,1-2H3/t21-,25-/m1/s1. The van der Waals surface area contributed by atoms with Crippen LogP contribution in [0.3, 0.4) is 0 Å². The first-order valence-corrected chi connectivity index (χ1v) is 14.5. The molecule has 3 aromatic rings. The highest BCUT2D eigenvalue weighted by Gasteiger charge is 2.50. The summed E-state index contributed by atoms with van der Waals surface area (Å²) < 4.78 is 56.3. The molecule has 10 heteroatoms. The lowest BCUT2D eigenvalue weighted by molar-refractivity contribution is -0.156. The largest absolute Gasteiger partial charge is 0.325 e. The minimum absolute atomic E-state index is 0.0729. The summed E-state index contributed by atoms with van der Waals surface area (Å²) in [4.78, 5) is 14.3. The molecular weight excluding hydrogens is 498 g/mol. The molecule has 2 heterocycles. The number of sulfonamides is 2. The minimum atomic E-state index is -3.79. The summed E-state index contributed by atoms with van der Waals surface area (Å²) >= 11 is 0. The fraction of sp³-hybridized carbons (Fsp3) is 0.269. The maximum absolute atomic E-state index is 13.4. The molecule has 8 nitrogen and oxygen atoms in total. The second kappa shape index (κ2) is 9.02. The molecule has 0 aromatic heterocycles. The van der Waals surface area contributed by atoms with Gasteiger partial charge >= 0.3 is 0 Å². The van der Waals surface area contributed by atoms with Gasteiger partial charge in [0.1, 0.15) is 6.17 Å². The summed E-state index contributed by atoms with van der Waals surface area (Å²) in [5, 5.41) is 0. The quantitative estimate of drug-likeness (QED) is 0.497. The fourth-order valence-electron chi connectivity index (χ4n) is 4.62. The Morgan fingerprint density at radius 1 is 0.750 bits per heavy atom. The monoisotopic (exact) mass is 525 g/mol. The van der Waals surface area contributed by atoms with Gasteiger partial charge in [-0.05, 0) is 55.8 Å². The van der Waals surface area contributed by atoms with Gasteiger partial charge in [0.05, 0.1) is 16.2 Å². The number of benzene rings is 3. The highest BCUT2D eigenvalue weighted by molar-refractivity contribution is 7.92. The van der Waals surface area contributed by atoms with Crippen LogP contribution in [0.1, 0.15) is 29.0 Å². The Labute approximate surface area is 211 Å². The van der Waals surface area contributed by atoms with Crippen LogP contribution in [0, 0.1) is 13.8 Å². The molecule has 1 N–H and O–H groups in total. The molecule has 5 rings (SSSR count). The average Bonchev–Trinajstić information content (AvgIpc) is 2.84. The van der Waals surface area contributed by atoms with Crippen molar-refractivity contribution in [3.8, 4) is 0 Å². The molecule has 0 radical (unpaired) electrons. The molecule has 2 saturated heterocycles. The van der Waals surface area contributed by atoms with Gasteiger partial charge in [0.2, 0.25) is 15.9 Å². The maximum Gasteiger partial charge on any atom is 0.261 e. The SMILES string of the molecule is Cc1ccc(S(=O)(=O)Nc2ccc([C@@H]3CN4C(=O)C[C@H]4N(S(=O)(=O)c4ccc(C)cc4)C3)cc2)cc1. The van der Waals surface area contributed by atoms with Crippen LogP contribution in [0.4, 0.5) is 5.69 Å². The lowest BCUT2D eigenvalue weighted by Gasteiger charge is -2.52. The third-order valence-corrected chi connectivity index (χ3v) is 10.1. The van der Waals surface area contributed by atoms with Gasteiger partial charge in [-0.15, -0.1) is 0 Å². The second-order valence-corrected chi connectivity index (χ2v) is 12.9. The number of rotatable bonds is 6. The number of amides is 1. The lowest BCUT2D eigenvalue weighted by Crippen LogP contribution is -2.67. The molecule has 36 heavy (non-hydrogen) atoms. The van der Waals surface area contributed by atoms with Gasteiger partial charge < -0.3 is 4.90 Å². The van der Waals surface area contributed by atoms with Crippen LogP contribution in [-0.4, -0.2) is 51.2 Å². The van der Waals surface area contributed by atoms with Gasteiger partial charge in [-0.3, -0.25) is 9.52 Å². The van der Waals surface area contributed by atoms with Gasteiger partial charge in [0.15, 0.2) is 0 Å². The first-order chi connectivity index (χ1) is 17.0. The molecule has 3 aromatic carbocycles. The van der Waals surface area contributed by atoms with E-state index in [1.807, 2.05) is 13.8 Å². The number of nitrogens with one attached hydrogen (secondary N) is 1. The molecule has 1 amide bonds. The van der Waals surface area contributed by atoms with E-state index < -0.39 is 26.2 Å². The number of hydrogen-bond acceptors (Lipinski definition) is 5. The number of anilines is 1. The zero-order valence-electron chi connectivity index (χ0n) is 20.0. The summed E-state index contributed by atoms with van der Waals surface area (Å²) in [7, 11) is -7.53. The van der Waals surface area contributed by atoms with E-state index >= 15 is 0 Å². The Hall–Kier alpha value is -3.21. The number of β-lactam (4-membered cyclic amide) rings is 1. The van der Waals surface area contributed by atoms with Gasteiger partial charge in [-0.25, -0.2) is 16.8 Å². The molecule has 0 spiro atoms. The Balaban J connectivity index is 1.37. The van der Waals surface area contributed by atoms with Crippen molar-refractivity contribution >= 4 is 31.6 Å². The maximum atomic E-state index is 13.4. The van der Waals surface area contributed by atoms with E-state index in [1.165, 1.54) is 4.31 Å². The predicted molar refractivity (Wildman–Crippen MR) is 136 cm³/mol. The van der Waals surface area contributed by atoms with Crippen LogP contribution in [0.5, 0.6) is 0 Å². The number of carbonyl (C=O) groups is 1. The molecule has 2 fully saturated rings. The molecule has 2 aliphatic heterocycles. The van der Waals surface area contributed by atoms with Crippen LogP contribution >= 0.6 is 0 Å². The number of carbonyl (C=O) groups excluding carboxylic acids is 1. The van der Waals surface area contributed by atoms with Crippen LogP contribution in [0.25, 0.3) is 0 Å². The van der Waals surface area contributed by atoms with Crippen molar-refractivity contribution < 1.29 is 21.6 Å². The van der Waals surface area contributed by atoms with E-state index in [2.05, 4.69) is 4.72 Å². The minimum Gasteiger partial charge on any atom is -0.325 e. The van der Waals surface area contributed by atoms with Gasteiger partial charge in [0, 0.05) is 24.7 Å². The van der Waals surface area contributed by atoms with E-state index in [9.17, 15) is 21.6 Å². The number of aryl methyl sites for hydroxylation is 2. The van der Waals surface area contributed by atoms with E-state index in [0.717, 1.165) is 16.7 Å². The van der Waals surface area contributed by atoms with Crippen LogP contribution < -0.4 is 4.72 Å². The summed E-state index contributed by atoms with van der Waals surface area (Å²) in [6.45, 7) is 4.43. The van der Waals surface area contributed by atoms with Crippen molar-refractivity contribution in [3.63, 3.8) is 0 Å². The molecule has 2 atom stereocenters. The zero-order chi connectivity index (χ0) is 25.7. The van der Waals surface area contributed by atoms with Crippen LogP contribution in [0.2, 0.25) is 0 Å². The molecule has 0 saturated carbocycles. The first-order valence-electron chi connectivity index (χ1n) is 11.6. The Morgan fingerprint density at radius 2 is 1.31 bits per heavy atom. The Kier molecular flexibility index (Phi) is 6.14. The average molecular weight is 526 g/mol. The number of fused-ring (bicyclic) bond motifs is 1. The summed E-state index contributed by atoms with van der Waals surface area (Å²) in [5.41, 5.74) is 3.16. The van der Waals surface area contributed by atoms with Crippen molar-refractivity contribution in [1.29, 1.82) is 0 Å². The van der Waals surface area contributed by atoms with Gasteiger partial charge in [-0.2, -0.15) is 4.31 Å². The normalized spacial score (nSPS) is 20.5. The third-order valence-electron chi connectivity index (χ3n) is 6.78.